The van der Waals surface area contributed by atoms with Gasteiger partial charge in [-0.2, -0.15) is 0 Å². The molecule has 0 radical (unpaired) electrons. The Kier molecular flexibility index (Phi) is 6.18. The number of halogens is 2. The van der Waals surface area contributed by atoms with Gasteiger partial charge in [-0.15, -0.1) is 0 Å². The van der Waals surface area contributed by atoms with E-state index in [4.69, 9.17) is 32.7 Å². The molecule has 1 atom stereocenters. The summed E-state index contributed by atoms with van der Waals surface area (Å²) in [7, 11) is -0.227. The molecule has 0 unspecified atom stereocenters. The third kappa shape index (κ3) is 4.77. The lowest BCUT2D eigenvalue weighted by atomic mass is 10.2. The highest BCUT2D eigenvalue weighted by molar-refractivity contribution is 7.91. The van der Waals surface area contributed by atoms with Gasteiger partial charge in [0.15, 0.2) is 22.2 Å². The average Bonchev–Trinajstić information content (AvgIpc) is 2.91. The third-order valence-corrected chi connectivity index (χ3v) is 6.23. The Morgan fingerprint density at radius 2 is 1.88 bits per heavy atom. The van der Waals surface area contributed by atoms with Gasteiger partial charge in [0.2, 0.25) is 0 Å². The average molecular weight is 410 g/mol. The van der Waals surface area contributed by atoms with E-state index in [9.17, 15) is 18.0 Å². The molecule has 1 aliphatic heterocycles. The van der Waals surface area contributed by atoms with E-state index in [0.29, 0.717) is 6.42 Å². The van der Waals surface area contributed by atoms with Crippen molar-refractivity contribution in [3.63, 3.8) is 0 Å². The van der Waals surface area contributed by atoms with Crippen LogP contribution in [-0.2, 0) is 19.4 Å². The van der Waals surface area contributed by atoms with Crippen LogP contribution in [0.3, 0.4) is 0 Å². The second kappa shape index (κ2) is 7.80. The molecule has 138 valence electrons. The van der Waals surface area contributed by atoms with Gasteiger partial charge in [-0.1, -0.05) is 23.2 Å². The van der Waals surface area contributed by atoms with Crippen LogP contribution >= 0.6 is 23.2 Å². The van der Waals surface area contributed by atoms with Gasteiger partial charge >= 0.3 is 5.97 Å². The van der Waals surface area contributed by atoms with Crippen molar-refractivity contribution in [1.29, 1.82) is 0 Å². The lowest BCUT2D eigenvalue weighted by molar-refractivity contribution is -0.134. The van der Waals surface area contributed by atoms with Crippen LogP contribution < -0.4 is 4.74 Å². The number of sulfone groups is 1. The van der Waals surface area contributed by atoms with Crippen LogP contribution in [0.15, 0.2) is 12.1 Å². The Labute approximate surface area is 155 Å². The Bertz CT molecular complexity index is 772. The lowest BCUT2D eigenvalue weighted by Crippen LogP contribution is -2.40. The number of esters is 1. The maximum Gasteiger partial charge on any atom is 0.338 e. The van der Waals surface area contributed by atoms with E-state index in [1.807, 2.05) is 0 Å². The SMILES string of the molecule is COc1c(Cl)cc(C(=O)OCC(=O)N(C)[C@@H]2CCS(=O)(=O)C2)cc1Cl. The molecule has 1 saturated heterocycles. The predicted octanol–water partition coefficient (Wildman–Crippen LogP) is 1.80. The first-order valence-corrected chi connectivity index (χ1v) is 9.88. The molecule has 1 aromatic carbocycles. The minimum Gasteiger partial charge on any atom is -0.494 e. The number of ether oxygens (including phenoxy) is 2. The molecule has 2 rings (SSSR count). The standard InChI is InChI=1S/C15H17Cl2NO6S/c1-18(10-3-4-25(21,22)8-10)13(19)7-24-15(20)9-5-11(16)14(23-2)12(17)6-9/h5-6,10H,3-4,7-8H2,1-2H3/t10-/m1/s1. The van der Waals surface area contributed by atoms with Crippen molar-refractivity contribution >= 4 is 44.9 Å². The number of carbonyl (C=O) groups is 2. The highest BCUT2D eigenvalue weighted by Crippen LogP contribution is 2.34. The van der Waals surface area contributed by atoms with Crippen molar-refractivity contribution in [1.82, 2.24) is 4.90 Å². The zero-order valence-electron chi connectivity index (χ0n) is 13.6. The molecule has 0 saturated carbocycles. The molecule has 25 heavy (non-hydrogen) atoms. The van der Waals surface area contributed by atoms with E-state index in [-0.39, 0.29) is 32.9 Å². The van der Waals surface area contributed by atoms with Crippen molar-refractivity contribution < 1.29 is 27.5 Å². The first-order chi connectivity index (χ1) is 11.6. The van der Waals surface area contributed by atoms with E-state index >= 15 is 0 Å². The molecule has 0 spiro atoms. The fourth-order valence-corrected chi connectivity index (χ4v) is 4.89. The van der Waals surface area contributed by atoms with E-state index in [1.54, 1.807) is 0 Å². The van der Waals surface area contributed by atoms with Crippen molar-refractivity contribution in [2.45, 2.75) is 12.5 Å². The van der Waals surface area contributed by atoms with E-state index in [2.05, 4.69) is 0 Å². The Morgan fingerprint density at radius 1 is 1.28 bits per heavy atom. The van der Waals surface area contributed by atoms with Gasteiger partial charge in [-0.3, -0.25) is 4.79 Å². The van der Waals surface area contributed by atoms with E-state index in [1.165, 1.54) is 31.2 Å². The maximum absolute atomic E-state index is 12.1. The summed E-state index contributed by atoms with van der Waals surface area (Å²) < 4.78 is 32.9. The Balaban J connectivity index is 1.97. The first kappa shape index (κ1) is 19.8. The summed E-state index contributed by atoms with van der Waals surface area (Å²) in [6.07, 6.45) is 0.377. The topological polar surface area (TPSA) is 90.0 Å². The molecule has 7 nitrogen and oxygen atoms in total. The normalized spacial score (nSPS) is 18.6. The fourth-order valence-electron chi connectivity index (χ4n) is 2.47. The quantitative estimate of drug-likeness (QED) is 0.688. The molecule has 0 bridgehead atoms. The second-order valence-corrected chi connectivity index (χ2v) is 8.65. The summed E-state index contributed by atoms with van der Waals surface area (Å²) in [5.74, 6) is -1.04. The van der Waals surface area contributed by atoms with Crippen molar-refractivity contribution in [3.8, 4) is 5.75 Å². The number of nitrogens with zero attached hydrogens (tertiary/aromatic N) is 1. The molecule has 1 fully saturated rings. The number of benzene rings is 1. The number of carbonyl (C=O) groups excluding carboxylic acids is 2. The first-order valence-electron chi connectivity index (χ1n) is 7.31. The van der Waals surface area contributed by atoms with Gasteiger partial charge in [0.1, 0.15) is 0 Å². The molecule has 1 aliphatic rings. The molecule has 0 N–H and O–H groups in total. The fraction of sp³-hybridized carbons (Fsp3) is 0.467. The molecule has 1 aromatic rings. The van der Waals surface area contributed by atoms with Crippen LogP contribution in [-0.4, -0.2) is 63.5 Å². The van der Waals surface area contributed by atoms with Gasteiger partial charge < -0.3 is 14.4 Å². The van der Waals surface area contributed by atoms with Crippen LogP contribution in [0.25, 0.3) is 0 Å². The summed E-state index contributed by atoms with van der Waals surface area (Å²) >= 11 is 11.9. The molecular formula is C15H17Cl2NO6S. The lowest BCUT2D eigenvalue weighted by Gasteiger charge is -2.23. The van der Waals surface area contributed by atoms with Crippen LogP contribution in [0.1, 0.15) is 16.8 Å². The van der Waals surface area contributed by atoms with Gasteiger partial charge in [0.25, 0.3) is 5.91 Å². The summed E-state index contributed by atoms with van der Waals surface area (Å²) in [6.45, 7) is -0.507. The minimum atomic E-state index is -3.11. The minimum absolute atomic E-state index is 0.0535. The number of likely N-dealkylation sites (N-methyl/N-ethyl adjacent to an activating group) is 1. The molecule has 10 heteroatoms. The summed E-state index contributed by atoms with van der Waals surface area (Å²) in [4.78, 5) is 25.4. The molecule has 0 aromatic heterocycles. The number of amides is 1. The van der Waals surface area contributed by atoms with Crippen molar-refractivity contribution in [2.75, 3.05) is 32.3 Å². The summed E-state index contributed by atoms with van der Waals surface area (Å²) in [5.41, 5.74) is 0.0784. The molecule has 0 aliphatic carbocycles. The van der Waals surface area contributed by atoms with Gasteiger partial charge in [-0.25, -0.2) is 13.2 Å². The van der Waals surface area contributed by atoms with Gasteiger partial charge in [-0.05, 0) is 18.6 Å². The van der Waals surface area contributed by atoms with Gasteiger partial charge in [0.05, 0.1) is 34.2 Å². The summed E-state index contributed by atoms with van der Waals surface area (Å²) in [6, 6.07) is 2.25. The highest BCUT2D eigenvalue weighted by Gasteiger charge is 2.33. The van der Waals surface area contributed by atoms with Crippen LogP contribution in [0.5, 0.6) is 5.75 Å². The van der Waals surface area contributed by atoms with Crippen molar-refractivity contribution in [3.05, 3.63) is 27.7 Å². The largest absolute Gasteiger partial charge is 0.494 e. The molecule has 1 amide bonds. The number of rotatable bonds is 5. The van der Waals surface area contributed by atoms with E-state index in [0.717, 1.165) is 0 Å². The second-order valence-electron chi connectivity index (χ2n) is 5.61. The van der Waals surface area contributed by atoms with E-state index < -0.39 is 34.4 Å². The third-order valence-electron chi connectivity index (χ3n) is 3.91. The summed E-state index contributed by atoms with van der Waals surface area (Å²) in [5, 5.41) is 0.281. The monoisotopic (exact) mass is 409 g/mol. The van der Waals surface area contributed by atoms with Gasteiger partial charge in [0, 0.05) is 13.1 Å². The van der Waals surface area contributed by atoms with Crippen LogP contribution in [0, 0.1) is 0 Å². The Morgan fingerprint density at radius 3 is 2.36 bits per heavy atom. The van der Waals surface area contributed by atoms with Crippen molar-refractivity contribution in [2.24, 2.45) is 0 Å². The van der Waals surface area contributed by atoms with Crippen LogP contribution in [0.2, 0.25) is 10.0 Å². The molecular weight excluding hydrogens is 393 g/mol. The predicted molar refractivity (Wildman–Crippen MR) is 93.1 cm³/mol. The Hall–Kier alpha value is -1.51. The number of hydrogen-bond acceptors (Lipinski definition) is 6. The van der Waals surface area contributed by atoms with Crippen LogP contribution in [0.4, 0.5) is 0 Å². The zero-order valence-corrected chi connectivity index (χ0v) is 15.9. The number of hydrogen-bond donors (Lipinski definition) is 0. The number of methoxy groups -OCH3 is 1. The highest BCUT2D eigenvalue weighted by atomic mass is 35.5. The molecule has 1 heterocycles. The zero-order chi connectivity index (χ0) is 18.8. The smallest absolute Gasteiger partial charge is 0.338 e. The maximum atomic E-state index is 12.1.